The van der Waals surface area contributed by atoms with Crippen LogP contribution in [-0.2, 0) is 17.6 Å². The Morgan fingerprint density at radius 1 is 1.35 bits per heavy atom. The largest absolute Gasteiger partial charge is 0.444 e. The van der Waals surface area contributed by atoms with Gasteiger partial charge in [0.15, 0.2) is 0 Å². The molecule has 1 unspecified atom stereocenters. The predicted octanol–water partition coefficient (Wildman–Crippen LogP) is 5.12. The number of likely N-dealkylation sites (tertiary alicyclic amines) is 1. The molecule has 1 fully saturated rings. The first-order valence-corrected chi connectivity index (χ1v) is 9.24. The van der Waals surface area contributed by atoms with Crippen molar-refractivity contribution in [3.63, 3.8) is 0 Å². The van der Waals surface area contributed by atoms with Crippen LogP contribution < -0.4 is 0 Å². The van der Waals surface area contributed by atoms with Gasteiger partial charge in [0.25, 0.3) is 0 Å². The Kier molecular flexibility index (Phi) is 5.77. The highest BCUT2D eigenvalue weighted by Crippen LogP contribution is 2.28. The number of rotatable bonds is 3. The van der Waals surface area contributed by atoms with Gasteiger partial charge in [-0.15, -0.1) is 0 Å². The van der Waals surface area contributed by atoms with Crippen LogP contribution in [0.5, 0.6) is 0 Å². The van der Waals surface area contributed by atoms with Crippen molar-refractivity contribution in [3.8, 4) is 0 Å². The number of aryl methyl sites for hydroxylation is 1. The van der Waals surface area contributed by atoms with Crippen molar-refractivity contribution in [2.45, 2.75) is 59.5 Å². The number of hydrogen-bond donors (Lipinski definition) is 0. The van der Waals surface area contributed by atoms with Gasteiger partial charge in [-0.2, -0.15) is 0 Å². The molecule has 0 bridgehead atoms. The molecule has 128 valence electrons. The van der Waals surface area contributed by atoms with Crippen LogP contribution in [0.25, 0.3) is 0 Å². The molecular formula is C19H28BrNO2. The number of benzene rings is 1. The van der Waals surface area contributed by atoms with Crippen LogP contribution in [0.3, 0.4) is 0 Å². The van der Waals surface area contributed by atoms with Gasteiger partial charge >= 0.3 is 6.09 Å². The van der Waals surface area contributed by atoms with Crippen molar-refractivity contribution in [3.05, 3.63) is 33.3 Å². The van der Waals surface area contributed by atoms with E-state index in [-0.39, 0.29) is 6.09 Å². The molecule has 1 aliphatic heterocycles. The zero-order valence-electron chi connectivity index (χ0n) is 14.9. The summed E-state index contributed by atoms with van der Waals surface area (Å²) in [5.41, 5.74) is 3.77. The molecule has 1 heterocycles. The standard InChI is InChI=1S/C19H28BrNO2/c1-6-15-10-17(20)11-16(13(15)2)9-14-7-8-21(12-14)18(22)23-19(3,4)5/h10-11,14H,6-9,12H2,1-5H3. The molecule has 1 aliphatic rings. The molecule has 0 N–H and O–H groups in total. The van der Waals surface area contributed by atoms with E-state index in [4.69, 9.17) is 4.74 Å². The molecule has 23 heavy (non-hydrogen) atoms. The van der Waals surface area contributed by atoms with Crippen LogP contribution in [-0.4, -0.2) is 29.7 Å². The average Bonchev–Trinajstić information content (AvgIpc) is 2.89. The van der Waals surface area contributed by atoms with Gasteiger partial charge in [0.1, 0.15) is 5.60 Å². The maximum absolute atomic E-state index is 12.2. The SMILES string of the molecule is CCc1cc(Br)cc(CC2CCN(C(=O)OC(C)(C)C)C2)c1C. The second kappa shape index (κ2) is 7.25. The highest BCUT2D eigenvalue weighted by molar-refractivity contribution is 9.10. The zero-order valence-corrected chi connectivity index (χ0v) is 16.5. The molecule has 1 aromatic carbocycles. The molecule has 1 aromatic rings. The number of amides is 1. The summed E-state index contributed by atoms with van der Waals surface area (Å²) in [5.74, 6) is 0.514. The maximum atomic E-state index is 12.2. The summed E-state index contributed by atoms with van der Waals surface area (Å²) < 4.78 is 6.63. The lowest BCUT2D eigenvalue weighted by molar-refractivity contribution is 0.0288. The van der Waals surface area contributed by atoms with Crippen LogP contribution in [0.4, 0.5) is 4.79 Å². The van der Waals surface area contributed by atoms with Gasteiger partial charge < -0.3 is 9.64 Å². The van der Waals surface area contributed by atoms with Gasteiger partial charge in [0, 0.05) is 17.6 Å². The van der Waals surface area contributed by atoms with Crippen LogP contribution >= 0.6 is 15.9 Å². The number of hydrogen-bond acceptors (Lipinski definition) is 2. The van der Waals surface area contributed by atoms with E-state index in [2.05, 4.69) is 41.9 Å². The smallest absolute Gasteiger partial charge is 0.410 e. The van der Waals surface area contributed by atoms with Crippen molar-refractivity contribution >= 4 is 22.0 Å². The number of nitrogens with zero attached hydrogens (tertiary/aromatic N) is 1. The van der Waals surface area contributed by atoms with Crippen LogP contribution in [0.15, 0.2) is 16.6 Å². The highest BCUT2D eigenvalue weighted by atomic mass is 79.9. The summed E-state index contributed by atoms with van der Waals surface area (Å²) in [6, 6.07) is 4.44. The molecular weight excluding hydrogens is 354 g/mol. The highest BCUT2D eigenvalue weighted by Gasteiger charge is 2.30. The summed E-state index contributed by atoms with van der Waals surface area (Å²) in [5, 5.41) is 0. The third-order valence-electron chi connectivity index (χ3n) is 4.41. The van der Waals surface area contributed by atoms with E-state index >= 15 is 0 Å². The fraction of sp³-hybridized carbons (Fsp3) is 0.632. The lowest BCUT2D eigenvalue weighted by atomic mass is 9.92. The van der Waals surface area contributed by atoms with E-state index < -0.39 is 5.60 Å². The van der Waals surface area contributed by atoms with E-state index in [0.717, 1.165) is 36.8 Å². The molecule has 2 rings (SSSR count). The molecule has 1 saturated heterocycles. The molecule has 0 aromatic heterocycles. The first-order valence-electron chi connectivity index (χ1n) is 8.45. The monoisotopic (exact) mass is 381 g/mol. The van der Waals surface area contributed by atoms with Crippen LogP contribution in [0, 0.1) is 12.8 Å². The third-order valence-corrected chi connectivity index (χ3v) is 4.87. The normalized spacial score (nSPS) is 18.3. The van der Waals surface area contributed by atoms with Crippen LogP contribution in [0.1, 0.15) is 50.8 Å². The number of carbonyl (C=O) groups excluding carboxylic acids is 1. The Labute approximate surface area is 148 Å². The molecule has 0 radical (unpaired) electrons. The minimum Gasteiger partial charge on any atom is -0.444 e. The minimum absolute atomic E-state index is 0.180. The van der Waals surface area contributed by atoms with Gasteiger partial charge in [-0.3, -0.25) is 0 Å². The minimum atomic E-state index is -0.425. The molecule has 3 nitrogen and oxygen atoms in total. The van der Waals surface area contributed by atoms with Crippen molar-refractivity contribution < 1.29 is 9.53 Å². The van der Waals surface area contributed by atoms with E-state index in [1.54, 1.807) is 0 Å². The molecule has 1 atom stereocenters. The Morgan fingerprint density at radius 3 is 2.61 bits per heavy atom. The number of carbonyl (C=O) groups is 1. The molecule has 1 amide bonds. The van der Waals surface area contributed by atoms with Gasteiger partial charge in [0.2, 0.25) is 0 Å². The van der Waals surface area contributed by atoms with Crippen molar-refractivity contribution in [2.24, 2.45) is 5.92 Å². The quantitative estimate of drug-likeness (QED) is 0.726. The van der Waals surface area contributed by atoms with E-state index in [1.807, 2.05) is 25.7 Å². The number of halogens is 1. The molecule has 0 spiro atoms. The van der Waals surface area contributed by atoms with Crippen molar-refractivity contribution in [2.75, 3.05) is 13.1 Å². The van der Waals surface area contributed by atoms with Gasteiger partial charge in [-0.05, 0) is 81.7 Å². The van der Waals surface area contributed by atoms with Gasteiger partial charge in [-0.25, -0.2) is 4.79 Å². The fourth-order valence-corrected chi connectivity index (χ4v) is 3.73. The summed E-state index contributed by atoms with van der Waals surface area (Å²) in [4.78, 5) is 14.0. The van der Waals surface area contributed by atoms with Crippen molar-refractivity contribution in [1.82, 2.24) is 4.90 Å². The van der Waals surface area contributed by atoms with E-state index in [9.17, 15) is 4.79 Å². The molecule has 0 saturated carbocycles. The average molecular weight is 382 g/mol. The first-order chi connectivity index (χ1) is 10.7. The van der Waals surface area contributed by atoms with Crippen molar-refractivity contribution in [1.29, 1.82) is 0 Å². The van der Waals surface area contributed by atoms with Gasteiger partial charge in [-0.1, -0.05) is 22.9 Å². The van der Waals surface area contributed by atoms with E-state index in [1.165, 1.54) is 16.7 Å². The summed E-state index contributed by atoms with van der Waals surface area (Å²) >= 11 is 3.62. The Morgan fingerprint density at radius 2 is 2.00 bits per heavy atom. The number of ether oxygens (including phenoxy) is 1. The topological polar surface area (TPSA) is 29.5 Å². The zero-order chi connectivity index (χ0) is 17.2. The van der Waals surface area contributed by atoms with Crippen LogP contribution in [0.2, 0.25) is 0 Å². The first kappa shape index (κ1) is 18.3. The van der Waals surface area contributed by atoms with E-state index in [0.29, 0.717) is 5.92 Å². The lowest BCUT2D eigenvalue weighted by Crippen LogP contribution is -2.35. The molecule has 0 aliphatic carbocycles. The Bertz CT molecular complexity index is 577. The second-order valence-corrected chi connectivity index (χ2v) is 8.40. The summed E-state index contributed by atoms with van der Waals surface area (Å²) in [6.45, 7) is 11.7. The fourth-order valence-electron chi connectivity index (χ4n) is 3.18. The van der Waals surface area contributed by atoms with Gasteiger partial charge in [0.05, 0.1) is 0 Å². The Balaban J connectivity index is 2.01. The lowest BCUT2D eigenvalue weighted by Gasteiger charge is -2.24. The molecule has 4 heteroatoms. The Hall–Kier alpha value is -1.03. The summed E-state index contributed by atoms with van der Waals surface area (Å²) in [7, 11) is 0. The predicted molar refractivity (Wildman–Crippen MR) is 97.9 cm³/mol. The third kappa shape index (κ3) is 4.97. The summed E-state index contributed by atoms with van der Waals surface area (Å²) in [6.07, 6.45) is 2.94. The maximum Gasteiger partial charge on any atom is 0.410 e. The second-order valence-electron chi connectivity index (χ2n) is 7.49.